The van der Waals surface area contributed by atoms with Crippen molar-refractivity contribution in [2.45, 2.75) is 63.8 Å². The molecule has 0 aliphatic heterocycles. The molecule has 20 heavy (non-hydrogen) atoms. The van der Waals surface area contributed by atoms with Gasteiger partial charge in [0.25, 0.3) is 0 Å². The summed E-state index contributed by atoms with van der Waals surface area (Å²) >= 11 is 0. The Kier molecular flexibility index (Phi) is 8.17. The third-order valence-electron chi connectivity index (χ3n) is 4.66. The van der Waals surface area contributed by atoms with Crippen LogP contribution in [0.3, 0.4) is 0 Å². The highest BCUT2D eigenvalue weighted by atomic mass is 127. The molecule has 0 atom stereocenters. The van der Waals surface area contributed by atoms with Gasteiger partial charge in [0.15, 0.2) is 5.96 Å². The lowest BCUT2D eigenvalue weighted by atomic mass is 9.75. The van der Waals surface area contributed by atoms with Gasteiger partial charge in [0, 0.05) is 18.6 Å². The lowest BCUT2D eigenvalue weighted by molar-refractivity contribution is 0.0555. The summed E-state index contributed by atoms with van der Waals surface area (Å²) in [7, 11) is 1.79. The summed E-state index contributed by atoms with van der Waals surface area (Å²) in [5, 5.41) is 3.36. The van der Waals surface area contributed by atoms with Gasteiger partial charge in [-0.3, -0.25) is 4.99 Å². The van der Waals surface area contributed by atoms with Crippen LogP contribution in [0.2, 0.25) is 0 Å². The molecule has 0 saturated heterocycles. The molecule has 5 heteroatoms. The number of nitrogens with zero attached hydrogens (tertiary/aromatic N) is 1. The number of hydrogen-bond donors (Lipinski definition) is 2. The zero-order valence-electron chi connectivity index (χ0n) is 12.7. The molecule has 0 aromatic carbocycles. The van der Waals surface area contributed by atoms with Gasteiger partial charge in [0.1, 0.15) is 0 Å². The van der Waals surface area contributed by atoms with Gasteiger partial charge in [-0.1, -0.05) is 32.1 Å². The van der Waals surface area contributed by atoms with Crippen molar-refractivity contribution in [1.29, 1.82) is 0 Å². The Morgan fingerprint density at radius 3 is 2.45 bits per heavy atom. The molecule has 0 aromatic rings. The maximum Gasteiger partial charge on any atom is 0.188 e. The van der Waals surface area contributed by atoms with Crippen molar-refractivity contribution in [1.82, 2.24) is 5.32 Å². The average molecular weight is 395 g/mol. The molecule has 0 amide bonds. The molecule has 0 radical (unpaired) electrons. The zero-order chi connectivity index (χ0) is 13.6. The van der Waals surface area contributed by atoms with Crippen LogP contribution in [0.5, 0.6) is 0 Å². The third-order valence-corrected chi connectivity index (χ3v) is 4.66. The second kappa shape index (κ2) is 9.07. The molecule has 0 spiro atoms. The number of methoxy groups -OCH3 is 1. The SMILES string of the molecule is COCC1(CN=C(N)NC2CCCC2)CCCCC1.I. The fraction of sp³-hybridized carbons (Fsp3) is 0.933. The van der Waals surface area contributed by atoms with Gasteiger partial charge in [-0.15, -0.1) is 24.0 Å². The predicted molar refractivity (Wildman–Crippen MR) is 94.7 cm³/mol. The number of halogens is 1. The van der Waals surface area contributed by atoms with E-state index in [1.165, 1.54) is 57.8 Å². The molecule has 0 bridgehead atoms. The summed E-state index contributed by atoms with van der Waals surface area (Å²) in [6, 6.07) is 0.550. The normalized spacial score (nSPS) is 23.4. The fourth-order valence-electron chi connectivity index (χ4n) is 3.53. The van der Waals surface area contributed by atoms with Crippen molar-refractivity contribution in [3.63, 3.8) is 0 Å². The van der Waals surface area contributed by atoms with Crippen LogP contribution < -0.4 is 11.1 Å². The minimum atomic E-state index is 0. The maximum atomic E-state index is 6.02. The first-order valence-electron chi connectivity index (χ1n) is 7.79. The second-order valence-electron chi connectivity index (χ2n) is 6.32. The molecule has 2 saturated carbocycles. The first kappa shape index (κ1) is 18.0. The van der Waals surface area contributed by atoms with Gasteiger partial charge in [0.2, 0.25) is 0 Å². The molecule has 2 aliphatic carbocycles. The van der Waals surface area contributed by atoms with Crippen LogP contribution in [0.1, 0.15) is 57.8 Å². The van der Waals surface area contributed by atoms with Crippen molar-refractivity contribution in [2.75, 3.05) is 20.3 Å². The average Bonchev–Trinajstić information content (AvgIpc) is 2.91. The van der Waals surface area contributed by atoms with Crippen LogP contribution in [0, 0.1) is 5.41 Å². The van der Waals surface area contributed by atoms with E-state index in [2.05, 4.69) is 10.3 Å². The van der Waals surface area contributed by atoms with E-state index in [1.54, 1.807) is 7.11 Å². The number of rotatable bonds is 5. The zero-order valence-corrected chi connectivity index (χ0v) is 15.0. The van der Waals surface area contributed by atoms with E-state index in [4.69, 9.17) is 10.5 Å². The van der Waals surface area contributed by atoms with Gasteiger partial charge in [0.05, 0.1) is 13.2 Å². The Hall–Kier alpha value is -0.0400. The molecular weight excluding hydrogens is 365 g/mol. The van der Waals surface area contributed by atoms with Crippen LogP contribution >= 0.6 is 24.0 Å². The van der Waals surface area contributed by atoms with E-state index < -0.39 is 0 Å². The molecular formula is C15H30IN3O. The van der Waals surface area contributed by atoms with E-state index in [9.17, 15) is 0 Å². The summed E-state index contributed by atoms with van der Waals surface area (Å²) in [6.45, 7) is 1.62. The minimum Gasteiger partial charge on any atom is -0.384 e. The lowest BCUT2D eigenvalue weighted by Crippen LogP contribution is -2.40. The Labute approximate surface area is 140 Å². The van der Waals surface area contributed by atoms with E-state index >= 15 is 0 Å². The molecule has 0 unspecified atom stereocenters. The van der Waals surface area contributed by atoms with Crippen molar-refractivity contribution in [3.8, 4) is 0 Å². The highest BCUT2D eigenvalue weighted by molar-refractivity contribution is 14.0. The number of nitrogens with one attached hydrogen (secondary N) is 1. The Morgan fingerprint density at radius 2 is 1.85 bits per heavy atom. The van der Waals surface area contributed by atoms with Gasteiger partial charge in [-0.05, 0) is 25.7 Å². The van der Waals surface area contributed by atoms with Crippen LogP contribution in [-0.2, 0) is 4.74 Å². The molecule has 2 aliphatic rings. The fourth-order valence-corrected chi connectivity index (χ4v) is 3.53. The molecule has 118 valence electrons. The summed E-state index contributed by atoms with van der Waals surface area (Å²) in [5.41, 5.74) is 6.25. The van der Waals surface area contributed by atoms with Crippen LogP contribution in [0.4, 0.5) is 0 Å². The van der Waals surface area contributed by atoms with Gasteiger partial charge >= 0.3 is 0 Å². The van der Waals surface area contributed by atoms with Crippen molar-refractivity contribution in [2.24, 2.45) is 16.1 Å². The standard InChI is InChI=1S/C15H29N3O.HI/c1-19-12-15(9-5-2-6-10-15)11-17-14(16)18-13-7-3-4-8-13;/h13H,2-12H2,1H3,(H3,16,17,18);1H. The first-order valence-corrected chi connectivity index (χ1v) is 7.79. The molecule has 0 aromatic heterocycles. The first-order chi connectivity index (χ1) is 9.24. The van der Waals surface area contributed by atoms with Crippen molar-refractivity contribution < 1.29 is 4.74 Å². The smallest absolute Gasteiger partial charge is 0.188 e. The lowest BCUT2D eigenvalue weighted by Gasteiger charge is -2.35. The van der Waals surface area contributed by atoms with Crippen molar-refractivity contribution in [3.05, 3.63) is 0 Å². The van der Waals surface area contributed by atoms with Crippen LogP contribution in [-0.4, -0.2) is 32.3 Å². The van der Waals surface area contributed by atoms with Crippen LogP contribution in [0.15, 0.2) is 4.99 Å². The van der Waals surface area contributed by atoms with Gasteiger partial charge in [-0.25, -0.2) is 0 Å². The number of ether oxygens (including phenoxy) is 1. The van der Waals surface area contributed by atoms with E-state index in [0.717, 1.165) is 13.2 Å². The largest absolute Gasteiger partial charge is 0.384 e. The maximum absolute atomic E-state index is 6.02. The van der Waals surface area contributed by atoms with Gasteiger partial charge < -0.3 is 15.8 Å². The minimum absolute atomic E-state index is 0. The van der Waals surface area contributed by atoms with Crippen molar-refractivity contribution >= 4 is 29.9 Å². The summed E-state index contributed by atoms with van der Waals surface area (Å²) in [6.07, 6.45) is 11.5. The summed E-state index contributed by atoms with van der Waals surface area (Å²) < 4.78 is 5.42. The summed E-state index contributed by atoms with van der Waals surface area (Å²) in [4.78, 5) is 4.61. The number of hydrogen-bond acceptors (Lipinski definition) is 2. The molecule has 3 N–H and O–H groups in total. The number of aliphatic imine (C=N–C) groups is 1. The summed E-state index contributed by atoms with van der Waals surface area (Å²) in [5.74, 6) is 0.632. The topological polar surface area (TPSA) is 59.6 Å². The Balaban J connectivity index is 0.00000200. The highest BCUT2D eigenvalue weighted by Crippen LogP contribution is 2.36. The predicted octanol–water partition coefficient (Wildman–Crippen LogP) is 3.05. The van der Waals surface area contributed by atoms with E-state index in [0.29, 0.717) is 12.0 Å². The molecule has 2 fully saturated rings. The van der Waals surface area contributed by atoms with Gasteiger partial charge in [-0.2, -0.15) is 0 Å². The Morgan fingerprint density at radius 1 is 1.20 bits per heavy atom. The highest BCUT2D eigenvalue weighted by Gasteiger charge is 2.32. The number of nitrogens with two attached hydrogens (primary N) is 1. The van der Waals surface area contributed by atoms with E-state index in [1.807, 2.05) is 0 Å². The number of guanidine groups is 1. The Bertz CT molecular complexity index is 292. The molecule has 4 nitrogen and oxygen atoms in total. The monoisotopic (exact) mass is 395 g/mol. The van der Waals surface area contributed by atoms with E-state index in [-0.39, 0.29) is 29.4 Å². The molecule has 2 rings (SSSR count). The quantitative estimate of drug-likeness (QED) is 0.427. The third kappa shape index (κ3) is 5.39. The molecule has 0 heterocycles. The second-order valence-corrected chi connectivity index (χ2v) is 6.32. The van der Waals surface area contributed by atoms with Crippen LogP contribution in [0.25, 0.3) is 0 Å².